The molecule has 2 N–H and O–H groups in total. The lowest BCUT2D eigenvalue weighted by Gasteiger charge is -2.38. The number of fused-ring (bicyclic) bond motifs is 3. The SMILES string of the molecule is O=S(=O)(Nc1ccccc1Cl)c1ccc2c(c1)[C@H]1C=CC[C@H]1[C@@H](c1ccc(Cl)cc1Cl)N2. The Balaban J connectivity index is 1.51. The van der Waals surface area contributed by atoms with Gasteiger partial charge in [0.15, 0.2) is 0 Å². The van der Waals surface area contributed by atoms with Crippen LogP contribution in [0.15, 0.2) is 77.7 Å². The highest BCUT2D eigenvalue weighted by Crippen LogP contribution is 2.51. The molecule has 3 aromatic carbocycles. The number of benzene rings is 3. The van der Waals surface area contributed by atoms with Crippen molar-refractivity contribution in [3.8, 4) is 0 Å². The Morgan fingerprint density at radius 3 is 2.50 bits per heavy atom. The van der Waals surface area contributed by atoms with Crippen LogP contribution in [0, 0.1) is 5.92 Å². The average Bonchev–Trinajstić information content (AvgIpc) is 3.25. The molecular formula is C24H19Cl3N2O2S. The molecule has 1 aliphatic heterocycles. The summed E-state index contributed by atoms with van der Waals surface area (Å²) in [6, 6.07) is 17.5. The Hall–Kier alpha value is -2.18. The zero-order chi connectivity index (χ0) is 22.5. The van der Waals surface area contributed by atoms with E-state index in [1.165, 1.54) is 0 Å². The summed E-state index contributed by atoms with van der Waals surface area (Å²) in [5.74, 6) is 0.300. The molecule has 0 aromatic heterocycles. The van der Waals surface area contributed by atoms with Crippen LogP contribution in [-0.2, 0) is 10.0 Å². The van der Waals surface area contributed by atoms with E-state index in [-0.39, 0.29) is 22.8 Å². The first-order chi connectivity index (χ1) is 15.3. The van der Waals surface area contributed by atoms with Gasteiger partial charge in [-0.1, -0.05) is 65.2 Å². The van der Waals surface area contributed by atoms with Crippen LogP contribution in [0.4, 0.5) is 11.4 Å². The van der Waals surface area contributed by atoms with Crippen LogP contribution in [0.5, 0.6) is 0 Å². The fraction of sp³-hybridized carbons (Fsp3) is 0.167. The van der Waals surface area contributed by atoms with Crippen molar-refractivity contribution in [1.29, 1.82) is 0 Å². The van der Waals surface area contributed by atoms with Gasteiger partial charge in [0, 0.05) is 21.7 Å². The second-order valence-electron chi connectivity index (χ2n) is 7.98. The van der Waals surface area contributed by atoms with Crippen molar-refractivity contribution < 1.29 is 8.42 Å². The van der Waals surface area contributed by atoms with Crippen LogP contribution in [0.3, 0.4) is 0 Å². The standard InChI is InChI=1S/C24H19Cl3N2O2S/c25-14-8-10-18(21(27)12-14)24-17-5-3-4-16(17)19-13-15(9-11-22(19)28-24)32(30,31)29-23-7-2-1-6-20(23)26/h1-4,6-13,16-17,24,28-29H,5H2/t16-,17+,24-/m0/s1. The third-order valence-electron chi connectivity index (χ3n) is 6.06. The minimum absolute atomic E-state index is 0.00373. The minimum Gasteiger partial charge on any atom is -0.378 e. The largest absolute Gasteiger partial charge is 0.378 e. The number of halogens is 3. The highest BCUT2D eigenvalue weighted by molar-refractivity contribution is 7.92. The Labute approximate surface area is 202 Å². The Bertz CT molecular complexity index is 1340. The van der Waals surface area contributed by atoms with Gasteiger partial charge in [-0.2, -0.15) is 0 Å². The van der Waals surface area contributed by atoms with Crippen LogP contribution < -0.4 is 10.0 Å². The third-order valence-corrected chi connectivity index (χ3v) is 8.32. The molecule has 0 spiro atoms. The van der Waals surface area contributed by atoms with Gasteiger partial charge >= 0.3 is 0 Å². The smallest absolute Gasteiger partial charge is 0.261 e. The average molecular weight is 506 g/mol. The molecule has 0 saturated carbocycles. The number of para-hydroxylation sites is 1. The van der Waals surface area contributed by atoms with Crippen molar-refractivity contribution >= 4 is 56.2 Å². The van der Waals surface area contributed by atoms with E-state index in [9.17, 15) is 8.42 Å². The van der Waals surface area contributed by atoms with Crippen molar-refractivity contribution in [2.24, 2.45) is 5.92 Å². The molecule has 0 unspecified atom stereocenters. The number of nitrogens with one attached hydrogen (secondary N) is 2. The summed E-state index contributed by atoms with van der Waals surface area (Å²) in [6.07, 6.45) is 5.17. The summed E-state index contributed by atoms with van der Waals surface area (Å²) in [5, 5.41) is 5.14. The minimum atomic E-state index is -3.80. The lowest BCUT2D eigenvalue weighted by molar-refractivity contribution is 0.425. The van der Waals surface area contributed by atoms with Crippen molar-refractivity contribution in [1.82, 2.24) is 0 Å². The predicted octanol–water partition coefficient (Wildman–Crippen LogP) is 7.27. The Kier molecular flexibility index (Phi) is 5.62. The Morgan fingerprint density at radius 2 is 1.72 bits per heavy atom. The first-order valence-corrected chi connectivity index (χ1v) is 12.7. The predicted molar refractivity (Wildman–Crippen MR) is 132 cm³/mol. The van der Waals surface area contributed by atoms with E-state index in [4.69, 9.17) is 34.8 Å². The van der Waals surface area contributed by atoms with E-state index in [1.807, 2.05) is 18.2 Å². The molecule has 0 amide bonds. The van der Waals surface area contributed by atoms with E-state index in [0.717, 1.165) is 23.2 Å². The quantitative estimate of drug-likeness (QED) is 0.366. The molecule has 32 heavy (non-hydrogen) atoms. The van der Waals surface area contributed by atoms with Gasteiger partial charge in [-0.15, -0.1) is 0 Å². The van der Waals surface area contributed by atoms with Crippen LogP contribution in [0.25, 0.3) is 0 Å². The molecule has 1 aliphatic carbocycles. The molecule has 3 aromatic rings. The highest BCUT2D eigenvalue weighted by atomic mass is 35.5. The first-order valence-electron chi connectivity index (χ1n) is 10.1. The van der Waals surface area contributed by atoms with E-state index >= 15 is 0 Å². The van der Waals surface area contributed by atoms with E-state index < -0.39 is 10.0 Å². The molecule has 0 bridgehead atoms. The van der Waals surface area contributed by atoms with Crippen molar-refractivity contribution in [3.63, 3.8) is 0 Å². The van der Waals surface area contributed by atoms with Crippen LogP contribution in [-0.4, -0.2) is 8.42 Å². The van der Waals surface area contributed by atoms with Gasteiger partial charge in [-0.05, 0) is 65.9 Å². The molecule has 1 heterocycles. The summed E-state index contributed by atoms with van der Waals surface area (Å²) < 4.78 is 28.7. The second-order valence-corrected chi connectivity index (χ2v) is 10.9. The fourth-order valence-electron chi connectivity index (χ4n) is 4.55. The summed E-state index contributed by atoms with van der Waals surface area (Å²) in [5.41, 5.74) is 3.18. The topological polar surface area (TPSA) is 58.2 Å². The van der Waals surface area contributed by atoms with E-state index in [0.29, 0.717) is 20.8 Å². The molecule has 5 rings (SSSR count). The summed E-state index contributed by atoms with van der Waals surface area (Å²) in [6.45, 7) is 0. The Morgan fingerprint density at radius 1 is 0.906 bits per heavy atom. The maximum Gasteiger partial charge on any atom is 0.261 e. The highest BCUT2D eigenvalue weighted by Gasteiger charge is 2.39. The molecule has 0 saturated heterocycles. The van der Waals surface area contributed by atoms with Gasteiger partial charge < -0.3 is 5.32 Å². The van der Waals surface area contributed by atoms with Crippen LogP contribution in [0.2, 0.25) is 15.1 Å². The zero-order valence-electron chi connectivity index (χ0n) is 16.7. The molecular weight excluding hydrogens is 487 g/mol. The summed E-state index contributed by atoms with van der Waals surface area (Å²) in [7, 11) is -3.80. The maximum atomic E-state index is 13.1. The van der Waals surface area contributed by atoms with E-state index in [2.05, 4.69) is 22.2 Å². The molecule has 0 radical (unpaired) electrons. The fourth-order valence-corrected chi connectivity index (χ4v) is 6.43. The second kappa shape index (κ2) is 8.31. The lowest BCUT2D eigenvalue weighted by atomic mass is 9.77. The van der Waals surface area contributed by atoms with Crippen LogP contribution in [0.1, 0.15) is 29.5 Å². The molecule has 4 nitrogen and oxygen atoms in total. The third kappa shape index (κ3) is 3.88. The van der Waals surface area contributed by atoms with E-state index in [1.54, 1.807) is 42.5 Å². The number of sulfonamides is 1. The van der Waals surface area contributed by atoms with Crippen molar-refractivity contribution in [2.75, 3.05) is 10.0 Å². The molecule has 2 aliphatic rings. The number of anilines is 2. The maximum absolute atomic E-state index is 13.1. The van der Waals surface area contributed by atoms with Crippen molar-refractivity contribution in [2.45, 2.75) is 23.3 Å². The van der Waals surface area contributed by atoms with Crippen LogP contribution >= 0.6 is 34.8 Å². The summed E-state index contributed by atoms with van der Waals surface area (Å²) >= 11 is 18.7. The van der Waals surface area contributed by atoms with Gasteiger partial charge in [0.25, 0.3) is 10.0 Å². The number of hydrogen-bond donors (Lipinski definition) is 2. The monoisotopic (exact) mass is 504 g/mol. The number of hydrogen-bond acceptors (Lipinski definition) is 3. The van der Waals surface area contributed by atoms with Gasteiger partial charge in [-0.3, -0.25) is 4.72 Å². The molecule has 8 heteroatoms. The molecule has 164 valence electrons. The van der Waals surface area contributed by atoms with Gasteiger partial charge in [0.05, 0.1) is 21.6 Å². The van der Waals surface area contributed by atoms with Gasteiger partial charge in [0.1, 0.15) is 0 Å². The van der Waals surface area contributed by atoms with Crippen molar-refractivity contribution in [3.05, 3.63) is 99.0 Å². The number of rotatable bonds is 4. The van der Waals surface area contributed by atoms with Gasteiger partial charge in [-0.25, -0.2) is 8.42 Å². The molecule has 0 fully saturated rings. The number of allylic oxidation sites excluding steroid dienone is 2. The van der Waals surface area contributed by atoms with Gasteiger partial charge in [0.2, 0.25) is 0 Å². The molecule has 3 atom stereocenters. The normalized spacial score (nSPS) is 21.5. The zero-order valence-corrected chi connectivity index (χ0v) is 19.8. The lowest BCUT2D eigenvalue weighted by Crippen LogP contribution is -2.29. The summed E-state index contributed by atoms with van der Waals surface area (Å²) in [4.78, 5) is 0.194. The first kappa shape index (κ1) is 21.7.